The zero-order valence-corrected chi connectivity index (χ0v) is 14.9. The first kappa shape index (κ1) is 19.4. The van der Waals surface area contributed by atoms with Crippen LogP contribution in [-0.4, -0.2) is 51.3 Å². The second-order valence-corrected chi connectivity index (χ2v) is 6.19. The van der Waals surface area contributed by atoms with Gasteiger partial charge in [-0.25, -0.2) is 0 Å². The average molecular weight is 355 g/mol. The van der Waals surface area contributed by atoms with Crippen LogP contribution < -0.4 is 10.1 Å². The van der Waals surface area contributed by atoms with Crippen molar-refractivity contribution in [3.8, 4) is 5.75 Å². The Balaban J connectivity index is 1.80. The number of hydrogen-bond acceptors (Lipinski definition) is 3. The van der Waals surface area contributed by atoms with Gasteiger partial charge in [-0.15, -0.1) is 0 Å². The van der Waals surface area contributed by atoms with Crippen molar-refractivity contribution in [1.29, 1.82) is 0 Å². The fourth-order valence-corrected chi connectivity index (χ4v) is 2.91. The van der Waals surface area contributed by atoms with Crippen molar-refractivity contribution in [3.63, 3.8) is 0 Å². The molecule has 0 spiro atoms. The zero-order chi connectivity index (χ0) is 18.1. The van der Waals surface area contributed by atoms with Crippen LogP contribution in [0.4, 0.5) is 8.78 Å². The summed E-state index contributed by atoms with van der Waals surface area (Å²) in [5.41, 5.74) is 0.858. The number of nitrogens with one attached hydrogen (secondary N) is 1. The Morgan fingerprint density at radius 1 is 1.40 bits per heavy atom. The highest BCUT2D eigenvalue weighted by molar-refractivity contribution is 5.79. The van der Waals surface area contributed by atoms with Gasteiger partial charge in [0.1, 0.15) is 5.75 Å². The van der Waals surface area contributed by atoms with Crippen LogP contribution in [0.3, 0.4) is 0 Å². The van der Waals surface area contributed by atoms with E-state index in [0.717, 1.165) is 50.5 Å². The SMILES string of the molecule is CN=C(NCc1cccc(OC(F)F)c1)N(C)CCC1CCOCC1. The fraction of sp³-hybridized carbons (Fsp3) is 0.611. The summed E-state index contributed by atoms with van der Waals surface area (Å²) in [4.78, 5) is 6.39. The number of alkyl halides is 2. The van der Waals surface area contributed by atoms with E-state index >= 15 is 0 Å². The molecule has 1 saturated heterocycles. The molecule has 0 saturated carbocycles. The monoisotopic (exact) mass is 355 g/mol. The van der Waals surface area contributed by atoms with Crippen LogP contribution in [0.1, 0.15) is 24.8 Å². The molecule has 1 aliphatic rings. The first-order valence-electron chi connectivity index (χ1n) is 8.61. The van der Waals surface area contributed by atoms with E-state index in [-0.39, 0.29) is 5.75 Å². The van der Waals surface area contributed by atoms with Crippen LogP contribution in [0.15, 0.2) is 29.3 Å². The zero-order valence-electron chi connectivity index (χ0n) is 14.9. The largest absolute Gasteiger partial charge is 0.435 e. The minimum atomic E-state index is -2.81. The number of hydrogen-bond donors (Lipinski definition) is 1. The van der Waals surface area contributed by atoms with E-state index in [1.54, 1.807) is 19.2 Å². The van der Waals surface area contributed by atoms with Crippen molar-refractivity contribution < 1.29 is 18.3 Å². The average Bonchev–Trinajstić information content (AvgIpc) is 2.61. The minimum absolute atomic E-state index is 0.164. The lowest BCUT2D eigenvalue weighted by atomic mass is 9.96. The Labute approximate surface area is 148 Å². The van der Waals surface area contributed by atoms with Gasteiger partial charge in [-0.1, -0.05) is 12.1 Å². The Morgan fingerprint density at radius 2 is 2.16 bits per heavy atom. The number of aliphatic imine (C=N–C) groups is 1. The van der Waals surface area contributed by atoms with E-state index in [1.165, 1.54) is 6.07 Å². The summed E-state index contributed by atoms with van der Waals surface area (Å²) in [6.45, 7) is 0.317. The molecule has 140 valence electrons. The van der Waals surface area contributed by atoms with Crippen molar-refractivity contribution in [2.75, 3.05) is 33.9 Å². The summed E-state index contributed by atoms with van der Waals surface area (Å²) < 4.78 is 34.4. The van der Waals surface area contributed by atoms with Crippen molar-refractivity contribution in [1.82, 2.24) is 10.2 Å². The Morgan fingerprint density at radius 3 is 2.84 bits per heavy atom. The van der Waals surface area contributed by atoms with Crippen LogP contribution in [0.2, 0.25) is 0 Å². The fourth-order valence-electron chi connectivity index (χ4n) is 2.91. The van der Waals surface area contributed by atoms with Gasteiger partial charge in [0.15, 0.2) is 5.96 Å². The highest BCUT2D eigenvalue weighted by Gasteiger charge is 2.15. The van der Waals surface area contributed by atoms with Gasteiger partial charge in [0.2, 0.25) is 0 Å². The molecule has 25 heavy (non-hydrogen) atoms. The van der Waals surface area contributed by atoms with Gasteiger partial charge < -0.3 is 19.7 Å². The van der Waals surface area contributed by atoms with Crippen LogP contribution in [0.25, 0.3) is 0 Å². The first-order chi connectivity index (χ1) is 12.1. The number of ether oxygens (including phenoxy) is 2. The van der Waals surface area contributed by atoms with Crippen LogP contribution in [0, 0.1) is 5.92 Å². The molecule has 2 rings (SSSR count). The Hall–Kier alpha value is -1.89. The van der Waals surface area contributed by atoms with Gasteiger partial charge in [0.05, 0.1) is 0 Å². The molecule has 1 N–H and O–H groups in total. The maximum Gasteiger partial charge on any atom is 0.387 e. The minimum Gasteiger partial charge on any atom is -0.435 e. The maximum absolute atomic E-state index is 12.3. The lowest BCUT2D eigenvalue weighted by molar-refractivity contribution is -0.0498. The van der Waals surface area contributed by atoms with Crippen molar-refractivity contribution >= 4 is 5.96 Å². The summed E-state index contributed by atoms with van der Waals surface area (Å²) in [5.74, 6) is 1.65. The third-order valence-electron chi connectivity index (χ3n) is 4.36. The van der Waals surface area contributed by atoms with Gasteiger partial charge in [-0.2, -0.15) is 8.78 Å². The molecule has 0 atom stereocenters. The predicted octanol–water partition coefficient (Wildman–Crippen LogP) is 3.11. The maximum atomic E-state index is 12.3. The number of guanidine groups is 1. The molecule has 1 fully saturated rings. The summed E-state index contributed by atoms with van der Waals surface area (Å²) >= 11 is 0. The van der Waals surface area contributed by atoms with E-state index in [2.05, 4.69) is 19.9 Å². The summed E-state index contributed by atoms with van der Waals surface area (Å²) in [6, 6.07) is 6.69. The number of nitrogens with zero attached hydrogens (tertiary/aromatic N) is 2. The lowest BCUT2D eigenvalue weighted by Gasteiger charge is -2.26. The molecule has 0 bridgehead atoms. The van der Waals surface area contributed by atoms with Crippen molar-refractivity contribution in [2.45, 2.75) is 32.4 Å². The molecule has 0 amide bonds. The summed E-state index contributed by atoms with van der Waals surface area (Å²) in [7, 11) is 3.74. The van der Waals surface area contributed by atoms with Gasteiger partial charge in [-0.3, -0.25) is 4.99 Å². The molecule has 1 heterocycles. The summed E-state index contributed by atoms with van der Waals surface area (Å²) in [6.07, 6.45) is 3.35. The normalized spacial score (nSPS) is 16.1. The molecule has 0 unspecified atom stereocenters. The molecule has 1 aliphatic heterocycles. The lowest BCUT2D eigenvalue weighted by Crippen LogP contribution is -2.39. The molecular formula is C18H27F2N3O2. The molecule has 5 nitrogen and oxygen atoms in total. The second-order valence-electron chi connectivity index (χ2n) is 6.19. The molecule has 1 aromatic carbocycles. The van der Waals surface area contributed by atoms with E-state index in [1.807, 2.05) is 13.1 Å². The Bertz CT molecular complexity index is 549. The molecule has 0 aliphatic carbocycles. The molecular weight excluding hydrogens is 328 g/mol. The van der Waals surface area contributed by atoms with Crippen molar-refractivity contribution in [2.24, 2.45) is 10.9 Å². The third-order valence-corrected chi connectivity index (χ3v) is 4.36. The molecule has 1 aromatic rings. The Kier molecular flexibility index (Phi) is 7.91. The van der Waals surface area contributed by atoms with E-state index in [0.29, 0.717) is 12.5 Å². The molecule has 0 aromatic heterocycles. The van der Waals surface area contributed by atoms with Crippen LogP contribution in [0.5, 0.6) is 5.75 Å². The standard InChI is InChI=1S/C18H27F2N3O2/c1-21-18(23(2)9-6-14-7-10-24-11-8-14)22-13-15-4-3-5-16(12-15)25-17(19)20/h3-5,12,14,17H,6-11,13H2,1-2H3,(H,21,22). The number of benzene rings is 1. The first-order valence-corrected chi connectivity index (χ1v) is 8.61. The van der Waals surface area contributed by atoms with E-state index < -0.39 is 6.61 Å². The summed E-state index contributed by atoms with van der Waals surface area (Å²) in [5, 5.41) is 3.26. The van der Waals surface area contributed by atoms with Crippen molar-refractivity contribution in [3.05, 3.63) is 29.8 Å². The van der Waals surface area contributed by atoms with Crippen LogP contribution in [-0.2, 0) is 11.3 Å². The third kappa shape index (κ3) is 6.86. The van der Waals surface area contributed by atoms with E-state index in [9.17, 15) is 8.78 Å². The molecule has 0 radical (unpaired) electrons. The van der Waals surface area contributed by atoms with Gasteiger partial charge in [0, 0.05) is 40.4 Å². The van der Waals surface area contributed by atoms with Gasteiger partial charge in [0.25, 0.3) is 0 Å². The highest BCUT2D eigenvalue weighted by atomic mass is 19.3. The second kappa shape index (κ2) is 10.2. The number of halogens is 2. The highest BCUT2D eigenvalue weighted by Crippen LogP contribution is 2.19. The smallest absolute Gasteiger partial charge is 0.387 e. The topological polar surface area (TPSA) is 46.1 Å². The number of rotatable bonds is 7. The van der Waals surface area contributed by atoms with Gasteiger partial charge >= 0.3 is 6.61 Å². The quantitative estimate of drug-likeness (QED) is 0.603. The molecule has 7 heteroatoms. The van der Waals surface area contributed by atoms with Gasteiger partial charge in [-0.05, 0) is 42.9 Å². The predicted molar refractivity (Wildman–Crippen MR) is 94.1 cm³/mol. The van der Waals surface area contributed by atoms with E-state index in [4.69, 9.17) is 4.74 Å². The van der Waals surface area contributed by atoms with Crippen LogP contribution >= 0.6 is 0 Å².